The molecule has 0 saturated heterocycles. The second-order valence-corrected chi connectivity index (χ2v) is 4.14. The number of hydrogen-bond donors (Lipinski definition) is 1. The Morgan fingerprint density at radius 3 is 3.06 bits per heavy atom. The summed E-state index contributed by atoms with van der Waals surface area (Å²) in [4.78, 5) is 15.5. The number of aromatic nitrogens is 1. The molecule has 80 valence electrons. The second-order valence-electron chi connectivity index (χ2n) is 4.14. The first kappa shape index (κ1) is 9.33. The van der Waals surface area contributed by atoms with Crippen molar-refractivity contribution < 1.29 is 4.79 Å². The Balaban J connectivity index is 2.02. The van der Waals surface area contributed by atoms with Gasteiger partial charge in [-0.1, -0.05) is 24.3 Å². The molecular formula is C13H12N2O. The van der Waals surface area contributed by atoms with Crippen molar-refractivity contribution in [1.82, 2.24) is 10.3 Å². The average Bonchev–Trinajstić information content (AvgIpc) is 2.61. The minimum absolute atomic E-state index is 0.00665. The molecule has 2 bridgehead atoms. The van der Waals surface area contributed by atoms with Crippen LogP contribution in [0.5, 0.6) is 0 Å². The first-order valence-corrected chi connectivity index (χ1v) is 5.40. The summed E-state index contributed by atoms with van der Waals surface area (Å²) < 4.78 is 0. The van der Waals surface area contributed by atoms with E-state index in [-0.39, 0.29) is 11.8 Å². The largest absolute Gasteiger partial charge is 0.355 e. The fraction of sp³-hybridized carbons (Fsp3) is 0.231. The van der Waals surface area contributed by atoms with Gasteiger partial charge >= 0.3 is 0 Å². The molecule has 3 rings (SSSR count). The topological polar surface area (TPSA) is 42.0 Å². The monoisotopic (exact) mass is 212 g/mol. The molecule has 1 aromatic heterocycles. The van der Waals surface area contributed by atoms with Crippen molar-refractivity contribution in [1.29, 1.82) is 0 Å². The predicted octanol–water partition coefficient (Wildman–Crippen LogP) is 1.82. The van der Waals surface area contributed by atoms with Crippen LogP contribution in [-0.4, -0.2) is 17.4 Å². The van der Waals surface area contributed by atoms with E-state index in [0.717, 1.165) is 11.2 Å². The smallest absolute Gasteiger partial charge is 0.216 e. The van der Waals surface area contributed by atoms with E-state index in [1.807, 2.05) is 12.1 Å². The van der Waals surface area contributed by atoms with Gasteiger partial charge in [0.05, 0.1) is 11.2 Å². The maximum Gasteiger partial charge on any atom is 0.216 e. The number of fused-ring (bicyclic) bond motifs is 1. The summed E-state index contributed by atoms with van der Waals surface area (Å²) in [6.45, 7) is 2.17. The molecule has 1 aromatic carbocycles. The third-order valence-corrected chi connectivity index (χ3v) is 3.06. The fourth-order valence-electron chi connectivity index (χ4n) is 2.28. The summed E-state index contributed by atoms with van der Waals surface area (Å²) >= 11 is 0. The van der Waals surface area contributed by atoms with Crippen molar-refractivity contribution >= 4 is 16.8 Å². The van der Waals surface area contributed by atoms with E-state index in [9.17, 15) is 4.79 Å². The van der Waals surface area contributed by atoms with Crippen LogP contribution in [0.4, 0.5) is 0 Å². The van der Waals surface area contributed by atoms with Crippen molar-refractivity contribution in [3.05, 3.63) is 41.6 Å². The van der Waals surface area contributed by atoms with Gasteiger partial charge in [-0.25, -0.2) is 0 Å². The molecule has 1 atom stereocenters. The summed E-state index contributed by atoms with van der Waals surface area (Å²) in [5.74, 6) is 0.227. The van der Waals surface area contributed by atoms with Crippen LogP contribution in [-0.2, 0) is 4.79 Å². The zero-order chi connectivity index (χ0) is 11.1. The molecule has 0 spiro atoms. The van der Waals surface area contributed by atoms with Gasteiger partial charge in [-0.05, 0) is 11.6 Å². The molecule has 1 N–H and O–H groups in total. The fourth-order valence-corrected chi connectivity index (χ4v) is 2.28. The van der Waals surface area contributed by atoms with E-state index < -0.39 is 0 Å². The summed E-state index contributed by atoms with van der Waals surface area (Å²) in [6, 6.07) is 10.3. The highest BCUT2D eigenvalue weighted by molar-refractivity contribution is 5.85. The normalized spacial score (nSPS) is 16.9. The molecule has 1 unspecified atom stereocenters. The molecule has 1 aliphatic heterocycles. The number of benzene rings is 1. The first-order chi connectivity index (χ1) is 7.75. The van der Waals surface area contributed by atoms with Crippen LogP contribution in [0.3, 0.4) is 0 Å². The number of pyridine rings is 1. The van der Waals surface area contributed by atoms with Gasteiger partial charge in [0.25, 0.3) is 0 Å². The number of rotatable bonds is 2. The van der Waals surface area contributed by atoms with Crippen LogP contribution >= 0.6 is 0 Å². The summed E-state index contributed by atoms with van der Waals surface area (Å²) in [5.41, 5.74) is 3.36. The van der Waals surface area contributed by atoms with Crippen molar-refractivity contribution in [3.8, 4) is 0 Å². The van der Waals surface area contributed by atoms with Crippen LogP contribution in [0.2, 0.25) is 0 Å². The Kier molecular flexibility index (Phi) is 1.93. The lowest BCUT2D eigenvalue weighted by atomic mass is 9.98. The summed E-state index contributed by atoms with van der Waals surface area (Å²) in [5, 5.41) is 4.03. The Bertz CT molecular complexity index is 577. The predicted molar refractivity (Wildman–Crippen MR) is 62.3 cm³/mol. The van der Waals surface area contributed by atoms with E-state index in [4.69, 9.17) is 0 Å². The Hall–Kier alpha value is -1.90. The third-order valence-electron chi connectivity index (χ3n) is 3.06. The quantitative estimate of drug-likeness (QED) is 0.825. The molecule has 2 heterocycles. The number of hydrogen-bond acceptors (Lipinski definition) is 2. The van der Waals surface area contributed by atoms with Crippen molar-refractivity contribution in [2.45, 2.75) is 12.8 Å². The first-order valence-electron chi connectivity index (χ1n) is 5.40. The summed E-state index contributed by atoms with van der Waals surface area (Å²) in [6.07, 6.45) is 0. The van der Waals surface area contributed by atoms with Gasteiger partial charge in [0.15, 0.2) is 0 Å². The van der Waals surface area contributed by atoms with Gasteiger partial charge in [0, 0.05) is 24.8 Å². The highest BCUT2D eigenvalue weighted by Crippen LogP contribution is 2.34. The maximum absolute atomic E-state index is 11.0. The van der Waals surface area contributed by atoms with Crippen molar-refractivity contribution in [2.24, 2.45) is 0 Å². The minimum atomic E-state index is 0.00665. The molecule has 0 aliphatic carbocycles. The Labute approximate surface area is 93.5 Å². The lowest BCUT2D eigenvalue weighted by molar-refractivity contribution is -0.118. The standard InChI is InChI=1S/C13H12N2O/c1-8(16)14-7-11-10-4-2-3-9-5-6-12(11)15-13(9)10/h2-6,11H,7H2,1H3,(H,14,16). The average molecular weight is 212 g/mol. The van der Waals surface area contributed by atoms with E-state index in [0.29, 0.717) is 6.54 Å². The van der Waals surface area contributed by atoms with E-state index in [1.165, 1.54) is 10.9 Å². The zero-order valence-corrected chi connectivity index (χ0v) is 9.03. The molecule has 1 aliphatic rings. The van der Waals surface area contributed by atoms with Crippen LogP contribution < -0.4 is 5.32 Å². The molecule has 0 radical (unpaired) electrons. The van der Waals surface area contributed by atoms with E-state index in [2.05, 4.69) is 28.5 Å². The molecule has 0 saturated carbocycles. The number of carbonyl (C=O) groups excluding carboxylic acids is 1. The van der Waals surface area contributed by atoms with Gasteiger partial charge in [-0.2, -0.15) is 0 Å². The number of amides is 1. The van der Waals surface area contributed by atoms with Gasteiger partial charge in [0.1, 0.15) is 0 Å². The molecule has 1 amide bonds. The van der Waals surface area contributed by atoms with Crippen LogP contribution in [0.25, 0.3) is 10.9 Å². The van der Waals surface area contributed by atoms with Crippen molar-refractivity contribution in [2.75, 3.05) is 6.54 Å². The molecular weight excluding hydrogens is 200 g/mol. The molecule has 16 heavy (non-hydrogen) atoms. The molecule has 3 nitrogen and oxygen atoms in total. The molecule has 2 aromatic rings. The second kappa shape index (κ2) is 3.30. The van der Waals surface area contributed by atoms with Crippen LogP contribution in [0.1, 0.15) is 24.1 Å². The maximum atomic E-state index is 11.0. The van der Waals surface area contributed by atoms with E-state index in [1.54, 1.807) is 6.92 Å². The molecule has 3 heteroatoms. The van der Waals surface area contributed by atoms with Crippen LogP contribution in [0, 0.1) is 0 Å². The SMILES string of the molecule is CC(=O)NCC1c2ccc3cccc1c3n2. The zero-order valence-electron chi connectivity index (χ0n) is 9.03. The van der Waals surface area contributed by atoms with Gasteiger partial charge in [-0.15, -0.1) is 0 Å². The summed E-state index contributed by atoms with van der Waals surface area (Å²) in [7, 11) is 0. The molecule has 0 fully saturated rings. The Morgan fingerprint density at radius 1 is 1.38 bits per heavy atom. The Morgan fingerprint density at radius 2 is 2.25 bits per heavy atom. The van der Waals surface area contributed by atoms with E-state index >= 15 is 0 Å². The number of para-hydroxylation sites is 1. The minimum Gasteiger partial charge on any atom is -0.355 e. The highest BCUT2D eigenvalue weighted by Gasteiger charge is 2.24. The number of nitrogens with one attached hydrogen (secondary N) is 1. The van der Waals surface area contributed by atoms with Gasteiger partial charge < -0.3 is 5.32 Å². The third kappa shape index (κ3) is 1.28. The number of carbonyl (C=O) groups is 1. The number of nitrogens with zero attached hydrogens (tertiary/aromatic N) is 1. The van der Waals surface area contributed by atoms with Crippen molar-refractivity contribution in [3.63, 3.8) is 0 Å². The highest BCUT2D eigenvalue weighted by atomic mass is 16.1. The van der Waals surface area contributed by atoms with Crippen LogP contribution in [0.15, 0.2) is 30.3 Å². The lowest BCUT2D eigenvalue weighted by Crippen LogP contribution is -2.25. The lowest BCUT2D eigenvalue weighted by Gasteiger charge is -2.11. The van der Waals surface area contributed by atoms with Gasteiger partial charge in [-0.3, -0.25) is 9.78 Å². The van der Waals surface area contributed by atoms with Gasteiger partial charge in [0.2, 0.25) is 5.91 Å².